The van der Waals surface area contributed by atoms with Gasteiger partial charge in [-0.2, -0.15) is 0 Å². The van der Waals surface area contributed by atoms with Gasteiger partial charge in [-0.25, -0.2) is 4.79 Å². The van der Waals surface area contributed by atoms with Crippen LogP contribution < -0.4 is 5.32 Å². The standard InChI is InChI=1S/C9H12N2O3/c1-2-14-9(13)11-8-3-7(6-12)4-10-5-8/h3-5,12H,2,6H2,1H3,(H,11,13). The minimum Gasteiger partial charge on any atom is -0.450 e. The lowest BCUT2D eigenvalue weighted by Crippen LogP contribution is -2.13. The second-order valence-corrected chi connectivity index (χ2v) is 2.59. The second-order valence-electron chi connectivity index (χ2n) is 2.59. The molecule has 0 aliphatic carbocycles. The van der Waals surface area contributed by atoms with Gasteiger partial charge in [0.25, 0.3) is 0 Å². The molecule has 0 bridgehead atoms. The maximum Gasteiger partial charge on any atom is 0.411 e. The van der Waals surface area contributed by atoms with Crippen molar-refractivity contribution in [3.05, 3.63) is 24.0 Å². The third-order valence-electron chi connectivity index (χ3n) is 1.50. The zero-order valence-corrected chi connectivity index (χ0v) is 7.86. The van der Waals surface area contributed by atoms with E-state index >= 15 is 0 Å². The van der Waals surface area contributed by atoms with Crippen molar-refractivity contribution in [1.29, 1.82) is 0 Å². The molecule has 0 aliphatic heterocycles. The average molecular weight is 196 g/mol. The Morgan fingerprint density at radius 3 is 3.07 bits per heavy atom. The van der Waals surface area contributed by atoms with Gasteiger partial charge in [0.1, 0.15) is 0 Å². The maximum absolute atomic E-state index is 11.0. The number of anilines is 1. The van der Waals surface area contributed by atoms with Gasteiger partial charge in [0, 0.05) is 6.20 Å². The van der Waals surface area contributed by atoms with Gasteiger partial charge in [-0.15, -0.1) is 0 Å². The van der Waals surface area contributed by atoms with Crippen molar-refractivity contribution in [3.8, 4) is 0 Å². The molecule has 1 rings (SSSR count). The molecule has 0 fully saturated rings. The Balaban J connectivity index is 2.62. The number of aromatic nitrogens is 1. The Morgan fingerprint density at radius 1 is 1.64 bits per heavy atom. The molecule has 0 unspecified atom stereocenters. The van der Waals surface area contributed by atoms with E-state index in [-0.39, 0.29) is 6.61 Å². The minimum atomic E-state index is -0.524. The highest BCUT2D eigenvalue weighted by atomic mass is 16.5. The lowest BCUT2D eigenvalue weighted by atomic mass is 10.3. The molecule has 0 aromatic carbocycles. The number of rotatable bonds is 3. The molecule has 0 atom stereocenters. The third kappa shape index (κ3) is 3.02. The summed E-state index contributed by atoms with van der Waals surface area (Å²) in [6.07, 6.45) is 2.48. The average Bonchev–Trinajstić information content (AvgIpc) is 2.18. The van der Waals surface area contributed by atoms with Crippen LogP contribution in [-0.2, 0) is 11.3 Å². The summed E-state index contributed by atoms with van der Waals surface area (Å²) in [5.41, 5.74) is 1.15. The van der Waals surface area contributed by atoms with E-state index in [0.29, 0.717) is 17.9 Å². The Labute approximate surface area is 81.7 Å². The van der Waals surface area contributed by atoms with E-state index in [1.54, 1.807) is 13.0 Å². The molecule has 0 radical (unpaired) electrons. The molecule has 0 aliphatic rings. The van der Waals surface area contributed by atoms with Gasteiger partial charge < -0.3 is 9.84 Å². The van der Waals surface area contributed by atoms with Crippen molar-refractivity contribution in [3.63, 3.8) is 0 Å². The first-order chi connectivity index (χ1) is 6.76. The van der Waals surface area contributed by atoms with Crippen LogP contribution in [0.15, 0.2) is 18.5 Å². The van der Waals surface area contributed by atoms with Crippen LogP contribution in [0.3, 0.4) is 0 Å². The van der Waals surface area contributed by atoms with Crippen LogP contribution in [0.1, 0.15) is 12.5 Å². The van der Waals surface area contributed by atoms with Gasteiger partial charge in [0.05, 0.1) is 25.1 Å². The van der Waals surface area contributed by atoms with E-state index in [1.807, 2.05) is 0 Å². The molecule has 1 aromatic heterocycles. The molecule has 1 heterocycles. The molecule has 14 heavy (non-hydrogen) atoms. The number of carbonyl (C=O) groups is 1. The lowest BCUT2D eigenvalue weighted by molar-refractivity contribution is 0.168. The van der Waals surface area contributed by atoms with Crippen molar-refractivity contribution in [2.24, 2.45) is 0 Å². The van der Waals surface area contributed by atoms with Gasteiger partial charge >= 0.3 is 6.09 Å². The number of pyridine rings is 1. The topological polar surface area (TPSA) is 71.5 Å². The van der Waals surface area contributed by atoms with Crippen LogP contribution in [0, 0.1) is 0 Å². The van der Waals surface area contributed by atoms with Gasteiger partial charge in [-0.05, 0) is 18.6 Å². The molecule has 5 heteroatoms. The van der Waals surface area contributed by atoms with Crippen molar-refractivity contribution in [1.82, 2.24) is 4.98 Å². The number of hydrogen-bond donors (Lipinski definition) is 2. The monoisotopic (exact) mass is 196 g/mol. The summed E-state index contributed by atoms with van der Waals surface area (Å²) >= 11 is 0. The largest absolute Gasteiger partial charge is 0.450 e. The SMILES string of the molecule is CCOC(=O)Nc1cncc(CO)c1. The molecule has 5 nitrogen and oxygen atoms in total. The number of carbonyl (C=O) groups excluding carboxylic acids is 1. The molecule has 1 amide bonds. The Bertz CT molecular complexity index is 315. The fourth-order valence-corrected chi connectivity index (χ4v) is 0.927. The van der Waals surface area contributed by atoms with E-state index in [9.17, 15) is 4.79 Å². The number of amides is 1. The highest BCUT2D eigenvalue weighted by molar-refractivity contribution is 5.84. The zero-order chi connectivity index (χ0) is 10.4. The molecule has 76 valence electrons. The zero-order valence-electron chi connectivity index (χ0n) is 7.86. The number of ether oxygens (including phenoxy) is 1. The van der Waals surface area contributed by atoms with Crippen LogP contribution in [0.25, 0.3) is 0 Å². The maximum atomic E-state index is 11.0. The Kier molecular flexibility index (Phi) is 3.87. The first kappa shape index (κ1) is 10.5. The van der Waals surface area contributed by atoms with Crippen LogP contribution in [-0.4, -0.2) is 22.8 Å². The molecule has 0 saturated carbocycles. The molecule has 0 saturated heterocycles. The minimum absolute atomic E-state index is 0.106. The number of aliphatic hydroxyl groups excluding tert-OH is 1. The Hall–Kier alpha value is -1.62. The van der Waals surface area contributed by atoms with Crippen LogP contribution in [0.2, 0.25) is 0 Å². The lowest BCUT2D eigenvalue weighted by Gasteiger charge is -2.05. The van der Waals surface area contributed by atoms with E-state index < -0.39 is 6.09 Å². The number of nitrogens with one attached hydrogen (secondary N) is 1. The van der Waals surface area contributed by atoms with Crippen LogP contribution in [0.5, 0.6) is 0 Å². The summed E-state index contributed by atoms with van der Waals surface area (Å²) in [7, 11) is 0. The van der Waals surface area contributed by atoms with E-state index in [2.05, 4.69) is 15.0 Å². The number of nitrogens with zero attached hydrogens (tertiary/aromatic N) is 1. The summed E-state index contributed by atoms with van der Waals surface area (Å²) in [6.45, 7) is 1.94. The molecule has 1 aromatic rings. The molecule has 0 spiro atoms. The fourth-order valence-electron chi connectivity index (χ4n) is 0.927. The second kappa shape index (κ2) is 5.18. The summed E-state index contributed by atoms with van der Waals surface area (Å²) in [5.74, 6) is 0. The third-order valence-corrected chi connectivity index (χ3v) is 1.50. The van der Waals surface area contributed by atoms with Crippen LogP contribution in [0.4, 0.5) is 10.5 Å². The quantitative estimate of drug-likeness (QED) is 0.760. The van der Waals surface area contributed by atoms with E-state index in [1.165, 1.54) is 12.4 Å². The van der Waals surface area contributed by atoms with Crippen molar-refractivity contribution in [2.75, 3.05) is 11.9 Å². The highest BCUT2D eigenvalue weighted by Gasteiger charge is 2.02. The van der Waals surface area contributed by atoms with Gasteiger partial charge in [0.15, 0.2) is 0 Å². The van der Waals surface area contributed by atoms with Crippen molar-refractivity contribution in [2.45, 2.75) is 13.5 Å². The van der Waals surface area contributed by atoms with Crippen LogP contribution >= 0.6 is 0 Å². The van der Waals surface area contributed by atoms with Gasteiger partial charge in [-0.1, -0.05) is 0 Å². The predicted octanol–water partition coefficient (Wildman–Crippen LogP) is 1.14. The van der Waals surface area contributed by atoms with E-state index in [4.69, 9.17) is 5.11 Å². The molecular weight excluding hydrogens is 184 g/mol. The van der Waals surface area contributed by atoms with E-state index in [0.717, 1.165) is 0 Å². The van der Waals surface area contributed by atoms with Gasteiger partial charge in [-0.3, -0.25) is 10.3 Å². The fraction of sp³-hybridized carbons (Fsp3) is 0.333. The Morgan fingerprint density at radius 2 is 2.43 bits per heavy atom. The smallest absolute Gasteiger partial charge is 0.411 e. The predicted molar refractivity (Wildman–Crippen MR) is 50.8 cm³/mol. The molecular formula is C9H12N2O3. The summed E-state index contributed by atoms with van der Waals surface area (Å²) in [4.78, 5) is 14.8. The van der Waals surface area contributed by atoms with Gasteiger partial charge in [0.2, 0.25) is 0 Å². The number of aliphatic hydroxyl groups is 1. The summed E-state index contributed by atoms with van der Waals surface area (Å²) in [5, 5.41) is 11.3. The molecule has 2 N–H and O–H groups in total. The number of hydrogen-bond acceptors (Lipinski definition) is 4. The van der Waals surface area contributed by atoms with Crippen molar-refractivity contribution < 1.29 is 14.6 Å². The summed E-state index contributed by atoms with van der Waals surface area (Å²) in [6, 6.07) is 1.63. The first-order valence-corrected chi connectivity index (χ1v) is 4.24. The highest BCUT2D eigenvalue weighted by Crippen LogP contribution is 2.08. The first-order valence-electron chi connectivity index (χ1n) is 4.24. The summed E-state index contributed by atoms with van der Waals surface area (Å²) < 4.78 is 4.68. The normalized spacial score (nSPS) is 9.57. The van der Waals surface area contributed by atoms with Crippen molar-refractivity contribution >= 4 is 11.8 Å².